The molecule has 0 saturated carbocycles. The highest BCUT2D eigenvalue weighted by molar-refractivity contribution is 5.96. The predicted octanol–water partition coefficient (Wildman–Crippen LogP) is 1.30. The number of H-pyrrole nitrogens is 1. The molecule has 3 aliphatic rings. The van der Waals surface area contributed by atoms with Gasteiger partial charge in [0, 0.05) is 58.6 Å². The van der Waals surface area contributed by atoms with Crippen LogP contribution < -0.4 is 4.90 Å². The fourth-order valence-corrected chi connectivity index (χ4v) is 5.75. The number of hydrogen-bond donors (Lipinski definition) is 1. The van der Waals surface area contributed by atoms with Crippen molar-refractivity contribution in [2.45, 2.75) is 44.9 Å². The number of likely N-dealkylation sites (tertiary alicyclic amines) is 1. The maximum atomic E-state index is 13.5. The molecule has 12 heteroatoms. The number of imidazole rings is 1. The number of fused-ring (bicyclic) bond motifs is 1. The van der Waals surface area contributed by atoms with Gasteiger partial charge in [0.25, 0.3) is 5.91 Å². The first-order valence-electron chi connectivity index (χ1n) is 13.2. The summed E-state index contributed by atoms with van der Waals surface area (Å²) in [6.45, 7) is 10.3. The van der Waals surface area contributed by atoms with Crippen LogP contribution in [0.5, 0.6) is 0 Å². The van der Waals surface area contributed by atoms with Gasteiger partial charge in [0.05, 0.1) is 37.2 Å². The number of hydrogen-bond acceptors (Lipinski definition) is 9. The summed E-state index contributed by atoms with van der Waals surface area (Å²) in [4.78, 5) is 37.6. The summed E-state index contributed by atoms with van der Waals surface area (Å²) in [6.07, 6.45) is 6.03. The van der Waals surface area contributed by atoms with Gasteiger partial charge in [0.15, 0.2) is 28.6 Å². The van der Waals surface area contributed by atoms with Gasteiger partial charge in [-0.2, -0.15) is 5.10 Å². The van der Waals surface area contributed by atoms with Crippen molar-refractivity contribution < 1.29 is 14.3 Å². The van der Waals surface area contributed by atoms with Crippen molar-refractivity contribution in [2.75, 3.05) is 57.4 Å². The highest BCUT2D eigenvalue weighted by Gasteiger charge is 2.33. The highest BCUT2D eigenvalue weighted by Crippen LogP contribution is 2.28. The number of nitrogens with zero attached hydrogens (tertiary/aromatic N) is 8. The van der Waals surface area contributed by atoms with Gasteiger partial charge in [-0.25, -0.2) is 15.0 Å². The van der Waals surface area contributed by atoms with Crippen LogP contribution in [0.2, 0.25) is 0 Å². The van der Waals surface area contributed by atoms with Crippen LogP contribution in [-0.4, -0.2) is 116 Å². The number of aromatic amines is 1. The van der Waals surface area contributed by atoms with Gasteiger partial charge in [-0.3, -0.25) is 14.4 Å². The Hall–Kier alpha value is -3.09. The summed E-state index contributed by atoms with van der Waals surface area (Å²) in [5.74, 6) is 1.50. The van der Waals surface area contributed by atoms with E-state index in [2.05, 4.69) is 33.7 Å². The van der Waals surface area contributed by atoms with Gasteiger partial charge >= 0.3 is 0 Å². The summed E-state index contributed by atoms with van der Waals surface area (Å²) < 4.78 is 13.2. The molecule has 0 spiro atoms. The van der Waals surface area contributed by atoms with E-state index in [1.54, 1.807) is 10.9 Å². The number of nitrogens with one attached hydrogen (secondary N) is 1. The second-order valence-electron chi connectivity index (χ2n) is 10.4. The van der Waals surface area contributed by atoms with Crippen molar-refractivity contribution in [3.8, 4) is 11.4 Å². The Labute approximate surface area is 216 Å². The Kier molecular flexibility index (Phi) is 6.55. The Bertz CT molecular complexity index is 1250. The van der Waals surface area contributed by atoms with Crippen LogP contribution in [0, 0.1) is 0 Å². The monoisotopic (exact) mass is 509 g/mol. The van der Waals surface area contributed by atoms with E-state index in [-0.39, 0.29) is 18.1 Å². The molecule has 0 radical (unpaired) electrons. The van der Waals surface area contributed by atoms with Crippen molar-refractivity contribution in [1.82, 2.24) is 39.5 Å². The Morgan fingerprint density at radius 2 is 1.76 bits per heavy atom. The molecule has 1 amide bonds. The van der Waals surface area contributed by atoms with Gasteiger partial charge in [0.2, 0.25) is 0 Å². The van der Waals surface area contributed by atoms with Gasteiger partial charge < -0.3 is 24.3 Å². The Balaban J connectivity index is 1.23. The van der Waals surface area contributed by atoms with Crippen molar-refractivity contribution in [2.24, 2.45) is 7.05 Å². The molecule has 3 fully saturated rings. The van der Waals surface area contributed by atoms with E-state index in [9.17, 15) is 4.79 Å². The quantitative estimate of drug-likeness (QED) is 0.555. The molecule has 6 rings (SSSR count). The van der Waals surface area contributed by atoms with E-state index in [0.29, 0.717) is 68.2 Å². The molecule has 6 heterocycles. The first kappa shape index (κ1) is 24.3. The molecule has 0 aromatic carbocycles. The zero-order chi connectivity index (χ0) is 25.5. The third-order valence-corrected chi connectivity index (χ3v) is 7.52. The zero-order valence-electron chi connectivity index (χ0n) is 21.8. The number of aryl methyl sites for hydroxylation is 1. The van der Waals surface area contributed by atoms with Crippen LogP contribution in [-0.2, 0) is 16.5 Å². The number of piperidine rings is 1. The lowest BCUT2D eigenvalue weighted by molar-refractivity contribution is -0.0856. The normalized spacial score (nSPS) is 24.2. The highest BCUT2D eigenvalue weighted by atomic mass is 16.5. The topological polar surface area (TPSA) is 118 Å². The molecule has 0 bridgehead atoms. The molecule has 2 atom stereocenters. The molecular formula is C25H35N9O3. The van der Waals surface area contributed by atoms with Crippen LogP contribution in [0.25, 0.3) is 22.6 Å². The minimum Gasteiger partial charge on any atom is -0.378 e. The molecule has 37 heavy (non-hydrogen) atoms. The molecule has 12 nitrogen and oxygen atoms in total. The summed E-state index contributed by atoms with van der Waals surface area (Å²) in [5, 5.41) is 4.26. The lowest BCUT2D eigenvalue weighted by Crippen LogP contribution is -2.53. The number of carbonyl (C=O) groups excluding carboxylic acids is 1. The van der Waals surface area contributed by atoms with E-state index in [1.165, 1.54) is 0 Å². The maximum absolute atomic E-state index is 13.5. The van der Waals surface area contributed by atoms with Crippen LogP contribution >= 0.6 is 0 Å². The third-order valence-electron chi connectivity index (χ3n) is 7.52. The minimum absolute atomic E-state index is 0.0870. The molecule has 3 aromatic heterocycles. The van der Waals surface area contributed by atoms with Gasteiger partial charge in [-0.1, -0.05) is 0 Å². The fourth-order valence-electron chi connectivity index (χ4n) is 5.75. The average Bonchev–Trinajstić information content (AvgIpc) is 3.54. The minimum atomic E-state index is -0.0870. The number of rotatable bonds is 4. The molecule has 198 valence electrons. The summed E-state index contributed by atoms with van der Waals surface area (Å²) in [6, 6.07) is 0.481. The maximum Gasteiger partial charge on any atom is 0.289 e. The second-order valence-corrected chi connectivity index (χ2v) is 10.4. The fraction of sp³-hybridized carbons (Fsp3) is 0.640. The van der Waals surface area contributed by atoms with Gasteiger partial charge in [-0.05, 0) is 26.7 Å². The number of carbonyl (C=O) groups is 1. The predicted molar refractivity (Wildman–Crippen MR) is 137 cm³/mol. The molecule has 1 N–H and O–H groups in total. The summed E-state index contributed by atoms with van der Waals surface area (Å²) in [5.41, 5.74) is 1.99. The van der Waals surface area contributed by atoms with E-state index in [0.717, 1.165) is 37.3 Å². The van der Waals surface area contributed by atoms with E-state index >= 15 is 0 Å². The smallest absolute Gasteiger partial charge is 0.289 e. The van der Waals surface area contributed by atoms with Crippen LogP contribution in [0.1, 0.15) is 37.3 Å². The van der Waals surface area contributed by atoms with Crippen LogP contribution in [0.3, 0.4) is 0 Å². The number of ether oxygens (including phenoxy) is 2. The van der Waals surface area contributed by atoms with Crippen molar-refractivity contribution in [1.29, 1.82) is 0 Å². The first-order valence-corrected chi connectivity index (χ1v) is 13.2. The summed E-state index contributed by atoms with van der Waals surface area (Å²) in [7, 11) is 1.86. The number of aromatic nitrogens is 6. The molecular weight excluding hydrogens is 474 g/mol. The molecule has 2 unspecified atom stereocenters. The van der Waals surface area contributed by atoms with Crippen molar-refractivity contribution in [3.63, 3.8) is 0 Å². The van der Waals surface area contributed by atoms with E-state index < -0.39 is 0 Å². The molecule has 3 saturated heterocycles. The van der Waals surface area contributed by atoms with Crippen molar-refractivity contribution >= 4 is 22.9 Å². The third kappa shape index (κ3) is 4.92. The van der Waals surface area contributed by atoms with E-state index in [4.69, 9.17) is 24.4 Å². The SMILES string of the molecule is CC1CN(C2CCN(C(=O)c3nc4c(N5CCOCC5)nc(-c5cnn(C)c5)nc4[nH]3)CC2)CC(C)O1. The Morgan fingerprint density at radius 1 is 1.03 bits per heavy atom. The van der Waals surface area contributed by atoms with Crippen molar-refractivity contribution in [3.05, 3.63) is 18.2 Å². The first-order chi connectivity index (χ1) is 17.9. The largest absolute Gasteiger partial charge is 0.378 e. The number of morpholine rings is 2. The molecule has 3 aromatic rings. The average molecular weight is 510 g/mol. The lowest BCUT2D eigenvalue weighted by Gasteiger charge is -2.43. The van der Waals surface area contributed by atoms with Gasteiger partial charge in [-0.15, -0.1) is 0 Å². The molecule has 0 aliphatic carbocycles. The summed E-state index contributed by atoms with van der Waals surface area (Å²) >= 11 is 0. The Morgan fingerprint density at radius 3 is 2.43 bits per heavy atom. The van der Waals surface area contributed by atoms with Crippen LogP contribution in [0.4, 0.5) is 5.82 Å². The number of anilines is 1. The zero-order valence-corrected chi connectivity index (χ0v) is 21.8. The standard InChI is InChI=1S/C25H35N9O3/c1-16-13-34(14-17(2)37-16)19-4-6-33(7-5-19)25(35)23-27-20-22(29-23)28-21(18-12-26-31(3)15-18)30-24(20)32-8-10-36-11-9-32/h12,15-17,19H,4-11,13-14H2,1-3H3,(H,27,28,29,30). The second kappa shape index (κ2) is 9.99. The molecule has 3 aliphatic heterocycles. The van der Waals surface area contributed by atoms with Gasteiger partial charge in [0.1, 0.15) is 0 Å². The number of amides is 1. The van der Waals surface area contributed by atoms with Crippen LogP contribution in [0.15, 0.2) is 12.4 Å². The lowest BCUT2D eigenvalue weighted by atomic mass is 10.0. The van der Waals surface area contributed by atoms with E-state index in [1.807, 2.05) is 18.1 Å².